The van der Waals surface area contributed by atoms with E-state index in [1.165, 1.54) is 67.8 Å². The Morgan fingerprint density at radius 1 is 0.893 bits per heavy atom. The Bertz CT molecular complexity index is 791. The highest BCUT2D eigenvalue weighted by molar-refractivity contribution is 5.72. The van der Waals surface area contributed by atoms with E-state index in [-0.39, 0.29) is 0 Å². The molecule has 0 amide bonds. The summed E-state index contributed by atoms with van der Waals surface area (Å²) in [6, 6.07) is 17.3. The number of benzene rings is 2. The van der Waals surface area contributed by atoms with Crippen molar-refractivity contribution in [1.29, 1.82) is 0 Å². The van der Waals surface area contributed by atoms with Crippen molar-refractivity contribution in [2.45, 2.75) is 32.2 Å². The third kappa shape index (κ3) is 4.65. The normalized spacial score (nSPS) is 17.8. The Hall–Kier alpha value is -2.10. The van der Waals surface area contributed by atoms with Crippen molar-refractivity contribution in [3.63, 3.8) is 0 Å². The molecule has 0 aromatic heterocycles. The van der Waals surface area contributed by atoms with Gasteiger partial charge in [0.25, 0.3) is 0 Å². The van der Waals surface area contributed by atoms with Crippen LogP contribution in [0.5, 0.6) is 5.75 Å². The summed E-state index contributed by atoms with van der Waals surface area (Å²) in [6.07, 6.45) is 7.10. The number of hydrogen-bond donors (Lipinski definition) is 0. The Labute approximate surface area is 169 Å². The average Bonchev–Trinajstić information content (AvgIpc) is 2.75. The minimum Gasteiger partial charge on any atom is -0.496 e. The van der Waals surface area contributed by atoms with Gasteiger partial charge in [-0.3, -0.25) is 4.90 Å². The molecule has 0 unspecified atom stereocenters. The lowest BCUT2D eigenvalue weighted by Crippen LogP contribution is -2.46. The maximum Gasteiger partial charge on any atom is 0.122 e. The van der Waals surface area contributed by atoms with Crippen molar-refractivity contribution >= 4 is 5.57 Å². The van der Waals surface area contributed by atoms with Crippen molar-refractivity contribution in [3.05, 3.63) is 71.3 Å². The molecular weight excluding hydrogens is 344 g/mol. The number of piperazine rings is 1. The molecule has 1 heterocycles. The van der Waals surface area contributed by atoms with Gasteiger partial charge in [0.2, 0.25) is 0 Å². The maximum atomic E-state index is 5.57. The van der Waals surface area contributed by atoms with E-state index in [9.17, 15) is 0 Å². The fraction of sp³-hybridized carbons (Fsp3) is 0.440. The van der Waals surface area contributed by atoms with Crippen LogP contribution in [-0.4, -0.2) is 49.6 Å². The van der Waals surface area contributed by atoms with Crippen LogP contribution in [0.15, 0.2) is 54.6 Å². The topological polar surface area (TPSA) is 15.7 Å². The van der Waals surface area contributed by atoms with Crippen LogP contribution in [-0.2, 0) is 13.0 Å². The van der Waals surface area contributed by atoms with E-state index in [0.717, 1.165) is 25.1 Å². The zero-order chi connectivity index (χ0) is 19.2. The van der Waals surface area contributed by atoms with Gasteiger partial charge >= 0.3 is 0 Å². The molecule has 1 aliphatic heterocycles. The van der Waals surface area contributed by atoms with E-state index < -0.39 is 0 Å². The zero-order valence-corrected chi connectivity index (χ0v) is 17.1. The van der Waals surface area contributed by atoms with Crippen LogP contribution in [0.2, 0.25) is 0 Å². The average molecular weight is 377 g/mol. The van der Waals surface area contributed by atoms with Crippen LogP contribution in [0, 0.1) is 0 Å². The lowest BCUT2D eigenvalue weighted by molar-refractivity contribution is 0.126. The molecule has 1 saturated heterocycles. The molecular formula is C25H32N2O. The summed E-state index contributed by atoms with van der Waals surface area (Å²) in [5.74, 6) is 1.05. The first kappa shape index (κ1) is 19.2. The molecule has 28 heavy (non-hydrogen) atoms. The number of rotatable bonds is 7. The first-order valence-electron chi connectivity index (χ1n) is 10.7. The van der Waals surface area contributed by atoms with Crippen LogP contribution in [0.4, 0.5) is 0 Å². The van der Waals surface area contributed by atoms with Gasteiger partial charge in [-0.1, -0.05) is 48.5 Å². The zero-order valence-electron chi connectivity index (χ0n) is 17.1. The highest BCUT2D eigenvalue weighted by Crippen LogP contribution is 2.35. The maximum absolute atomic E-state index is 5.57. The Morgan fingerprint density at radius 2 is 1.68 bits per heavy atom. The van der Waals surface area contributed by atoms with E-state index in [0.29, 0.717) is 0 Å². The number of ether oxygens (including phenoxy) is 1. The van der Waals surface area contributed by atoms with Crippen molar-refractivity contribution in [2.75, 3.05) is 39.8 Å². The van der Waals surface area contributed by atoms with Gasteiger partial charge in [-0.05, 0) is 55.0 Å². The molecule has 1 fully saturated rings. The molecule has 2 aromatic rings. The molecule has 1 aliphatic carbocycles. The molecule has 3 nitrogen and oxygen atoms in total. The largest absolute Gasteiger partial charge is 0.496 e. The van der Waals surface area contributed by atoms with E-state index in [1.807, 2.05) is 0 Å². The highest BCUT2D eigenvalue weighted by atomic mass is 16.5. The second-order valence-electron chi connectivity index (χ2n) is 7.96. The van der Waals surface area contributed by atoms with E-state index in [2.05, 4.69) is 64.4 Å². The first-order valence-corrected chi connectivity index (χ1v) is 10.7. The number of hydrogen-bond acceptors (Lipinski definition) is 3. The van der Waals surface area contributed by atoms with Crippen LogP contribution >= 0.6 is 0 Å². The van der Waals surface area contributed by atoms with E-state index in [1.54, 1.807) is 7.11 Å². The highest BCUT2D eigenvalue weighted by Gasteiger charge is 2.18. The van der Waals surface area contributed by atoms with Crippen molar-refractivity contribution < 1.29 is 4.74 Å². The summed E-state index contributed by atoms with van der Waals surface area (Å²) in [5.41, 5.74) is 5.76. The van der Waals surface area contributed by atoms with Gasteiger partial charge in [0, 0.05) is 38.3 Å². The van der Waals surface area contributed by atoms with Crippen molar-refractivity contribution in [1.82, 2.24) is 9.80 Å². The number of methoxy groups -OCH3 is 1. The SMILES string of the molecule is COc1cccc2c1CCC=C2CCCN1CCN(Cc2ccccc2)CC1. The lowest BCUT2D eigenvalue weighted by Gasteiger charge is -2.34. The second kappa shape index (κ2) is 9.40. The third-order valence-corrected chi connectivity index (χ3v) is 6.12. The molecule has 2 aromatic carbocycles. The van der Waals surface area contributed by atoms with E-state index in [4.69, 9.17) is 4.74 Å². The monoisotopic (exact) mass is 376 g/mol. The summed E-state index contributed by atoms with van der Waals surface area (Å²) in [5, 5.41) is 0. The lowest BCUT2D eigenvalue weighted by atomic mass is 9.88. The quantitative estimate of drug-likeness (QED) is 0.701. The fourth-order valence-corrected chi connectivity index (χ4v) is 4.56. The molecule has 0 N–H and O–H groups in total. The number of fused-ring (bicyclic) bond motifs is 1. The summed E-state index contributed by atoms with van der Waals surface area (Å²) < 4.78 is 5.57. The second-order valence-corrected chi connectivity index (χ2v) is 7.96. The molecule has 3 heteroatoms. The molecule has 0 radical (unpaired) electrons. The number of allylic oxidation sites excluding steroid dienone is 2. The van der Waals surface area contributed by atoms with Gasteiger partial charge in [-0.15, -0.1) is 0 Å². The summed E-state index contributed by atoms with van der Waals surface area (Å²) >= 11 is 0. The summed E-state index contributed by atoms with van der Waals surface area (Å²) in [6.45, 7) is 7.03. The Balaban J connectivity index is 1.23. The molecule has 2 aliphatic rings. The molecule has 4 rings (SSSR count). The third-order valence-electron chi connectivity index (χ3n) is 6.12. The smallest absolute Gasteiger partial charge is 0.122 e. The molecule has 0 atom stereocenters. The Morgan fingerprint density at radius 3 is 2.46 bits per heavy atom. The van der Waals surface area contributed by atoms with E-state index >= 15 is 0 Å². The molecule has 0 spiro atoms. The minimum absolute atomic E-state index is 1.05. The standard InChI is InChI=1S/C25H32N2O/c1-28-25-14-6-12-23-22(10-5-13-24(23)25)11-7-15-26-16-18-27(19-17-26)20-21-8-3-2-4-9-21/h2-4,6,8-10,12,14H,5,7,11,13,15-20H2,1H3. The van der Waals surface area contributed by atoms with Crippen LogP contribution in [0.3, 0.4) is 0 Å². The van der Waals surface area contributed by atoms with Gasteiger partial charge in [-0.2, -0.15) is 0 Å². The summed E-state index contributed by atoms with van der Waals surface area (Å²) in [7, 11) is 1.78. The first-order chi connectivity index (χ1) is 13.8. The minimum atomic E-state index is 1.05. The fourth-order valence-electron chi connectivity index (χ4n) is 4.56. The van der Waals surface area contributed by atoms with Gasteiger partial charge in [0.1, 0.15) is 5.75 Å². The predicted molar refractivity (Wildman–Crippen MR) is 117 cm³/mol. The predicted octanol–water partition coefficient (Wildman–Crippen LogP) is 4.62. The number of nitrogens with zero attached hydrogens (tertiary/aromatic N) is 2. The van der Waals surface area contributed by atoms with Crippen LogP contribution in [0.25, 0.3) is 5.57 Å². The van der Waals surface area contributed by atoms with Gasteiger partial charge < -0.3 is 9.64 Å². The van der Waals surface area contributed by atoms with Gasteiger partial charge in [0.05, 0.1) is 7.11 Å². The molecule has 0 bridgehead atoms. The van der Waals surface area contributed by atoms with Gasteiger partial charge in [-0.25, -0.2) is 0 Å². The summed E-state index contributed by atoms with van der Waals surface area (Å²) in [4.78, 5) is 5.22. The van der Waals surface area contributed by atoms with Crippen molar-refractivity contribution in [3.8, 4) is 5.75 Å². The van der Waals surface area contributed by atoms with Crippen molar-refractivity contribution in [2.24, 2.45) is 0 Å². The van der Waals surface area contributed by atoms with Gasteiger partial charge in [0.15, 0.2) is 0 Å². The van der Waals surface area contributed by atoms with Crippen LogP contribution in [0.1, 0.15) is 36.0 Å². The Kier molecular flexibility index (Phi) is 6.45. The molecule has 0 saturated carbocycles. The van der Waals surface area contributed by atoms with Crippen LogP contribution < -0.4 is 4.74 Å². The molecule has 148 valence electrons.